The summed E-state index contributed by atoms with van der Waals surface area (Å²) in [5, 5.41) is 11.6. The number of amides is 2. The Kier molecular flexibility index (Phi) is 7.11. The van der Waals surface area contributed by atoms with Crippen LogP contribution in [0, 0.1) is 6.92 Å². The van der Waals surface area contributed by atoms with Crippen molar-refractivity contribution in [2.75, 3.05) is 19.8 Å². The van der Waals surface area contributed by atoms with E-state index in [1.165, 1.54) is 12.4 Å². The molecular weight excluding hydrogens is 410 g/mol. The number of fused-ring (bicyclic) bond motifs is 1. The second kappa shape index (κ2) is 9.78. The first-order valence-corrected chi connectivity index (χ1v) is 9.88. The lowest BCUT2D eigenvalue weighted by Crippen LogP contribution is -2.28. The first-order chi connectivity index (χ1) is 14.8. The van der Waals surface area contributed by atoms with Crippen molar-refractivity contribution in [3.05, 3.63) is 52.5 Å². The monoisotopic (exact) mass is 434 g/mol. The van der Waals surface area contributed by atoms with E-state index in [0.717, 1.165) is 0 Å². The molecule has 1 aliphatic rings. The Bertz CT molecular complexity index is 970. The molecule has 31 heavy (non-hydrogen) atoms. The van der Waals surface area contributed by atoms with Crippen LogP contribution in [0.4, 0.5) is 8.78 Å². The molecular formula is C21H24F2N4O4. The summed E-state index contributed by atoms with van der Waals surface area (Å²) in [6, 6.07) is 2.95. The van der Waals surface area contributed by atoms with Crippen LogP contribution in [0.25, 0.3) is 0 Å². The summed E-state index contributed by atoms with van der Waals surface area (Å²) in [7, 11) is 0. The van der Waals surface area contributed by atoms with E-state index in [1.807, 2.05) is 6.92 Å². The predicted molar refractivity (Wildman–Crippen MR) is 107 cm³/mol. The Morgan fingerprint density at radius 3 is 2.84 bits per heavy atom. The van der Waals surface area contributed by atoms with Gasteiger partial charge in [-0.15, -0.1) is 0 Å². The minimum Gasteiger partial charge on any atom is -0.471 e. The second-order valence-electron chi connectivity index (χ2n) is 7.22. The number of aliphatic hydroxyl groups excluding tert-OH is 1. The molecule has 1 aliphatic heterocycles. The number of aliphatic hydroxyl groups is 1. The molecule has 2 aromatic rings. The lowest BCUT2D eigenvalue weighted by atomic mass is 10.1. The Labute approximate surface area is 178 Å². The van der Waals surface area contributed by atoms with Crippen molar-refractivity contribution in [2.24, 2.45) is 0 Å². The quantitative estimate of drug-likeness (QED) is 0.587. The third-order valence-corrected chi connectivity index (χ3v) is 5.06. The van der Waals surface area contributed by atoms with Gasteiger partial charge in [0.25, 0.3) is 18.2 Å². The SMILES string of the molecule is Cc1cc(C(C)N2Cc3c(ccnc3C(=O)NCCCO)C2=O)cnc1OCC(F)F. The normalized spacial score (nSPS) is 14.0. The molecule has 0 fully saturated rings. The highest BCUT2D eigenvalue weighted by atomic mass is 19.3. The maximum Gasteiger partial charge on any atom is 0.272 e. The third kappa shape index (κ3) is 4.96. The highest BCUT2D eigenvalue weighted by Crippen LogP contribution is 2.33. The van der Waals surface area contributed by atoms with Crippen molar-refractivity contribution >= 4 is 11.8 Å². The molecule has 1 atom stereocenters. The van der Waals surface area contributed by atoms with Gasteiger partial charge in [0.2, 0.25) is 5.88 Å². The lowest BCUT2D eigenvalue weighted by Gasteiger charge is -2.25. The molecule has 8 nitrogen and oxygen atoms in total. The number of carbonyl (C=O) groups is 2. The van der Waals surface area contributed by atoms with Gasteiger partial charge in [-0.1, -0.05) is 0 Å². The molecule has 0 bridgehead atoms. The first-order valence-electron chi connectivity index (χ1n) is 9.88. The molecule has 2 aromatic heterocycles. The van der Waals surface area contributed by atoms with E-state index < -0.39 is 18.9 Å². The van der Waals surface area contributed by atoms with Gasteiger partial charge in [-0.3, -0.25) is 14.6 Å². The number of aromatic nitrogens is 2. The van der Waals surface area contributed by atoms with Gasteiger partial charge >= 0.3 is 0 Å². The molecule has 2 amide bonds. The van der Waals surface area contributed by atoms with Gasteiger partial charge < -0.3 is 20.1 Å². The van der Waals surface area contributed by atoms with E-state index in [-0.39, 0.29) is 36.7 Å². The van der Waals surface area contributed by atoms with E-state index in [9.17, 15) is 18.4 Å². The number of pyridine rings is 2. The fourth-order valence-corrected chi connectivity index (χ4v) is 3.41. The first kappa shape index (κ1) is 22.5. The van der Waals surface area contributed by atoms with Gasteiger partial charge in [-0.2, -0.15) is 0 Å². The number of carbonyl (C=O) groups excluding carboxylic acids is 2. The van der Waals surface area contributed by atoms with Crippen LogP contribution in [0.5, 0.6) is 5.88 Å². The van der Waals surface area contributed by atoms with Crippen molar-refractivity contribution in [2.45, 2.75) is 39.3 Å². The molecule has 166 valence electrons. The number of rotatable bonds is 9. The number of alkyl halides is 2. The Morgan fingerprint density at radius 2 is 2.16 bits per heavy atom. The molecule has 1 unspecified atom stereocenters. The maximum atomic E-state index is 13.0. The fraction of sp³-hybridized carbons (Fsp3) is 0.429. The van der Waals surface area contributed by atoms with Crippen LogP contribution < -0.4 is 10.1 Å². The summed E-state index contributed by atoms with van der Waals surface area (Å²) in [5.41, 5.74) is 2.44. The Balaban J connectivity index is 1.78. The highest BCUT2D eigenvalue weighted by Gasteiger charge is 2.35. The summed E-state index contributed by atoms with van der Waals surface area (Å²) in [6.07, 6.45) is 0.748. The van der Waals surface area contributed by atoms with Gasteiger partial charge in [0, 0.05) is 48.8 Å². The Morgan fingerprint density at radius 1 is 1.39 bits per heavy atom. The van der Waals surface area contributed by atoms with Crippen LogP contribution in [0.1, 0.15) is 56.9 Å². The number of nitrogens with zero attached hydrogens (tertiary/aromatic N) is 3. The average molecular weight is 434 g/mol. The van der Waals surface area contributed by atoms with E-state index >= 15 is 0 Å². The number of nitrogens with one attached hydrogen (secondary N) is 1. The second-order valence-corrected chi connectivity index (χ2v) is 7.22. The van der Waals surface area contributed by atoms with Crippen LogP contribution in [0.3, 0.4) is 0 Å². The predicted octanol–water partition coefficient (Wildman–Crippen LogP) is 2.26. The lowest BCUT2D eigenvalue weighted by molar-refractivity contribution is 0.0712. The topological polar surface area (TPSA) is 105 Å². The molecule has 10 heteroatoms. The number of halogens is 2. The van der Waals surface area contributed by atoms with Crippen molar-refractivity contribution < 1.29 is 28.2 Å². The number of hydrogen-bond acceptors (Lipinski definition) is 6. The zero-order valence-corrected chi connectivity index (χ0v) is 17.3. The zero-order chi connectivity index (χ0) is 22.5. The Hall–Kier alpha value is -3.14. The van der Waals surface area contributed by atoms with Gasteiger partial charge in [0.05, 0.1) is 6.04 Å². The molecule has 3 rings (SSSR count). The number of ether oxygens (including phenoxy) is 1. The largest absolute Gasteiger partial charge is 0.471 e. The molecule has 2 N–H and O–H groups in total. The van der Waals surface area contributed by atoms with E-state index in [0.29, 0.717) is 35.2 Å². The molecule has 0 aliphatic carbocycles. The summed E-state index contributed by atoms with van der Waals surface area (Å²) in [6.45, 7) is 3.26. The van der Waals surface area contributed by atoms with Crippen LogP contribution in [0.2, 0.25) is 0 Å². The maximum absolute atomic E-state index is 13.0. The smallest absolute Gasteiger partial charge is 0.272 e. The molecule has 0 radical (unpaired) electrons. The third-order valence-electron chi connectivity index (χ3n) is 5.06. The minimum absolute atomic E-state index is 0.0379. The molecule has 3 heterocycles. The summed E-state index contributed by atoms with van der Waals surface area (Å²) in [4.78, 5) is 35.3. The van der Waals surface area contributed by atoms with Gasteiger partial charge in [0.15, 0.2) is 6.61 Å². The van der Waals surface area contributed by atoms with Gasteiger partial charge in [-0.25, -0.2) is 13.8 Å². The molecule has 0 aromatic carbocycles. The van der Waals surface area contributed by atoms with Crippen LogP contribution in [-0.4, -0.2) is 58.0 Å². The molecule has 0 saturated carbocycles. The average Bonchev–Trinajstić information content (AvgIpc) is 3.09. The highest BCUT2D eigenvalue weighted by molar-refractivity contribution is 6.03. The summed E-state index contributed by atoms with van der Waals surface area (Å²) >= 11 is 0. The van der Waals surface area contributed by atoms with Crippen LogP contribution >= 0.6 is 0 Å². The fourth-order valence-electron chi connectivity index (χ4n) is 3.41. The minimum atomic E-state index is -2.59. The van der Waals surface area contributed by atoms with Crippen molar-refractivity contribution in [3.8, 4) is 5.88 Å². The van der Waals surface area contributed by atoms with Gasteiger partial charge in [0.1, 0.15) is 5.69 Å². The number of aryl methyl sites for hydroxylation is 1. The van der Waals surface area contributed by atoms with Gasteiger partial charge in [-0.05, 0) is 38.0 Å². The van der Waals surface area contributed by atoms with Crippen LogP contribution in [-0.2, 0) is 6.54 Å². The van der Waals surface area contributed by atoms with E-state index in [1.54, 1.807) is 24.0 Å². The zero-order valence-electron chi connectivity index (χ0n) is 17.3. The van der Waals surface area contributed by atoms with Crippen molar-refractivity contribution in [1.82, 2.24) is 20.2 Å². The molecule has 0 saturated heterocycles. The van der Waals surface area contributed by atoms with Crippen LogP contribution in [0.15, 0.2) is 24.5 Å². The van der Waals surface area contributed by atoms with Crippen molar-refractivity contribution in [3.63, 3.8) is 0 Å². The van der Waals surface area contributed by atoms with E-state index in [4.69, 9.17) is 9.84 Å². The summed E-state index contributed by atoms with van der Waals surface area (Å²) in [5.74, 6) is -0.506. The van der Waals surface area contributed by atoms with E-state index in [2.05, 4.69) is 15.3 Å². The summed E-state index contributed by atoms with van der Waals surface area (Å²) < 4.78 is 29.7. The number of hydrogen-bond donors (Lipinski definition) is 2. The van der Waals surface area contributed by atoms with Crippen molar-refractivity contribution in [1.29, 1.82) is 0 Å². The standard InChI is InChI=1S/C21H24F2N4O4/c1-12-8-14(9-26-20(12)31-11-17(22)23)13(2)27-10-16-15(21(27)30)4-6-24-18(16)19(29)25-5-3-7-28/h4,6,8-9,13,17,28H,3,5,7,10-11H2,1-2H3,(H,25,29). The molecule has 0 spiro atoms.